The van der Waals surface area contributed by atoms with Gasteiger partial charge in [-0.1, -0.05) is 32.8 Å². The number of benzene rings is 1. The molecule has 3 aliphatic rings. The SMILES string of the molecule is CC(C)CC1C(=O)NC(C2CCCC2)CN1C(=O)C1CC1c1ccc(F)c(F)c1. The highest BCUT2D eigenvalue weighted by Crippen LogP contribution is 2.49. The average Bonchev–Trinajstić information content (AvgIpc) is 3.28. The van der Waals surface area contributed by atoms with Gasteiger partial charge in [0.05, 0.1) is 0 Å². The van der Waals surface area contributed by atoms with Crippen molar-refractivity contribution < 1.29 is 18.4 Å². The van der Waals surface area contributed by atoms with E-state index in [1.807, 2.05) is 0 Å². The van der Waals surface area contributed by atoms with Crippen LogP contribution in [0.1, 0.15) is 63.9 Å². The third-order valence-corrected chi connectivity index (χ3v) is 6.83. The highest BCUT2D eigenvalue weighted by Gasteiger charge is 2.50. The van der Waals surface area contributed by atoms with E-state index in [0.717, 1.165) is 18.9 Å². The number of carbonyl (C=O) groups is 2. The van der Waals surface area contributed by atoms with Crippen LogP contribution in [0.15, 0.2) is 18.2 Å². The Labute approximate surface area is 171 Å². The van der Waals surface area contributed by atoms with Crippen molar-refractivity contribution in [2.45, 2.75) is 70.4 Å². The monoisotopic (exact) mass is 404 g/mol. The van der Waals surface area contributed by atoms with Gasteiger partial charge in [0.2, 0.25) is 11.8 Å². The molecule has 1 aromatic rings. The second kappa shape index (κ2) is 8.04. The largest absolute Gasteiger partial charge is 0.350 e. The van der Waals surface area contributed by atoms with Crippen molar-refractivity contribution in [3.63, 3.8) is 0 Å². The van der Waals surface area contributed by atoms with Crippen molar-refractivity contribution in [1.82, 2.24) is 10.2 Å². The molecule has 2 amide bonds. The maximum Gasteiger partial charge on any atom is 0.243 e. The van der Waals surface area contributed by atoms with Gasteiger partial charge in [-0.25, -0.2) is 8.78 Å². The summed E-state index contributed by atoms with van der Waals surface area (Å²) in [4.78, 5) is 28.1. The molecule has 6 heteroatoms. The van der Waals surface area contributed by atoms with E-state index in [0.29, 0.717) is 36.8 Å². The molecule has 4 unspecified atom stereocenters. The first-order chi connectivity index (χ1) is 13.8. The van der Waals surface area contributed by atoms with Crippen LogP contribution in [0.2, 0.25) is 0 Å². The molecule has 29 heavy (non-hydrogen) atoms. The number of hydrogen-bond donors (Lipinski definition) is 1. The summed E-state index contributed by atoms with van der Waals surface area (Å²) in [6, 6.07) is 3.47. The molecule has 2 saturated carbocycles. The molecule has 0 radical (unpaired) electrons. The lowest BCUT2D eigenvalue weighted by Crippen LogP contribution is -2.63. The van der Waals surface area contributed by atoms with Gasteiger partial charge in [0.25, 0.3) is 0 Å². The molecule has 2 aliphatic carbocycles. The minimum Gasteiger partial charge on any atom is -0.350 e. The summed E-state index contributed by atoms with van der Waals surface area (Å²) in [6.45, 7) is 4.67. The molecule has 3 fully saturated rings. The summed E-state index contributed by atoms with van der Waals surface area (Å²) in [6.07, 6.45) is 5.83. The fourth-order valence-electron chi connectivity index (χ4n) is 5.15. The predicted molar refractivity (Wildman–Crippen MR) is 106 cm³/mol. The van der Waals surface area contributed by atoms with Gasteiger partial charge in [-0.3, -0.25) is 9.59 Å². The fraction of sp³-hybridized carbons (Fsp3) is 0.652. The summed E-state index contributed by atoms with van der Waals surface area (Å²) in [5.41, 5.74) is 0.663. The zero-order valence-corrected chi connectivity index (χ0v) is 17.2. The predicted octanol–water partition coefficient (Wildman–Crippen LogP) is 4.00. The fourth-order valence-corrected chi connectivity index (χ4v) is 5.15. The van der Waals surface area contributed by atoms with Gasteiger partial charge in [-0.05, 0) is 61.1 Å². The first kappa shape index (κ1) is 20.3. The Morgan fingerprint density at radius 1 is 1.21 bits per heavy atom. The number of halogens is 2. The van der Waals surface area contributed by atoms with E-state index < -0.39 is 17.7 Å². The molecule has 1 heterocycles. The smallest absolute Gasteiger partial charge is 0.243 e. The second-order valence-corrected chi connectivity index (χ2v) is 9.42. The molecule has 0 aromatic heterocycles. The van der Waals surface area contributed by atoms with Crippen LogP contribution in [0, 0.1) is 29.4 Å². The van der Waals surface area contributed by atoms with Crippen LogP contribution >= 0.6 is 0 Å². The maximum absolute atomic E-state index is 13.6. The van der Waals surface area contributed by atoms with Gasteiger partial charge < -0.3 is 10.2 Å². The van der Waals surface area contributed by atoms with Crippen LogP contribution in [-0.4, -0.2) is 35.3 Å². The molecule has 158 valence electrons. The molecular formula is C23H30F2N2O2. The van der Waals surface area contributed by atoms with E-state index in [4.69, 9.17) is 0 Å². The molecule has 1 aliphatic heterocycles. The Bertz CT molecular complexity index is 791. The molecule has 0 bridgehead atoms. The van der Waals surface area contributed by atoms with Crippen molar-refractivity contribution >= 4 is 11.8 Å². The molecule has 4 atom stereocenters. The minimum absolute atomic E-state index is 0.0109. The zero-order valence-electron chi connectivity index (χ0n) is 17.2. The number of carbonyl (C=O) groups excluding carboxylic acids is 2. The van der Waals surface area contributed by atoms with Crippen LogP contribution in [0.5, 0.6) is 0 Å². The van der Waals surface area contributed by atoms with Crippen molar-refractivity contribution in [3.8, 4) is 0 Å². The van der Waals surface area contributed by atoms with Gasteiger partial charge in [0.1, 0.15) is 6.04 Å². The van der Waals surface area contributed by atoms with Crippen LogP contribution in [0.25, 0.3) is 0 Å². The third kappa shape index (κ3) is 4.17. The Morgan fingerprint density at radius 3 is 2.59 bits per heavy atom. The minimum atomic E-state index is -0.878. The maximum atomic E-state index is 13.6. The molecule has 1 aromatic carbocycles. The Kier molecular flexibility index (Phi) is 5.63. The van der Waals surface area contributed by atoms with Crippen LogP contribution < -0.4 is 5.32 Å². The Hall–Kier alpha value is -1.98. The van der Waals surface area contributed by atoms with Crippen molar-refractivity contribution in [1.29, 1.82) is 0 Å². The van der Waals surface area contributed by atoms with E-state index in [1.165, 1.54) is 18.9 Å². The van der Waals surface area contributed by atoms with Gasteiger partial charge in [-0.2, -0.15) is 0 Å². The second-order valence-electron chi connectivity index (χ2n) is 9.42. The first-order valence-corrected chi connectivity index (χ1v) is 10.9. The Morgan fingerprint density at radius 2 is 1.93 bits per heavy atom. The number of amides is 2. The lowest BCUT2D eigenvalue weighted by molar-refractivity contribution is -0.147. The summed E-state index contributed by atoms with van der Waals surface area (Å²) >= 11 is 0. The zero-order chi connectivity index (χ0) is 20.7. The summed E-state index contributed by atoms with van der Waals surface area (Å²) in [5.74, 6) is -1.40. The van der Waals surface area contributed by atoms with Crippen molar-refractivity contribution in [2.75, 3.05) is 6.54 Å². The molecular weight excluding hydrogens is 374 g/mol. The lowest BCUT2D eigenvalue weighted by Gasteiger charge is -2.42. The lowest BCUT2D eigenvalue weighted by atomic mass is 9.91. The average molecular weight is 405 g/mol. The summed E-state index contributed by atoms with van der Waals surface area (Å²) in [5, 5.41) is 3.19. The number of hydrogen-bond acceptors (Lipinski definition) is 2. The molecule has 0 spiro atoms. The highest BCUT2D eigenvalue weighted by atomic mass is 19.2. The number of nitrogens with zero attached hydrogens (tertiary/aromatic N) is 1. The first-order valence-electron chi connectivity index (χ1n) is 10.9. The van der Waals surface area contributed by atoms with Gasteiger partial charge in [0.15, 0.2) is 11.6 Å². The molecule has 4 rings (SSSR count). The van der Waals surface area contributed by atoms with Crippen LogP contribution in [0.3, 0.4) is 0 Å². The van der Waals surface area contributed by atoms with Crippen LogP contribution in [-0.2, 0) is 9.59 Å². The van der Waals surface area contributed by atoms with Crippen molar-refractivity contribution in [3.05, 3.63) is 35.4 Å². The van der Waals surface area contributed by atoms with Gasteiger partial charge in [0, 0.05) is 18.5 Å². The topological polar surface area (TPSA) is 49.4 Å². The van der Waals surface area contributed by atoms with Crippen molar-refractivity contribution in [2.24, 2.45) is 17.8 Å². The van der Waals surface area contributed by atoms with E-state index in [2.05, 4.69) is 19.2 Å². The number of rotatable bonds is 5. The standard InChI is InChI=1S/C23H30F2N2O2/c1-13(2)9-21-22(28)26-20(14-5-3-4-6-14)12-27(21)23(29)17-11-16(17)15-7-8-18(24)19(25)10-15/h7-8,10,13-14,16-17,20-21H,3-6,9,11-12H2,1-2H3,(H,26,28). The molecule has 1 saturated heterocycles. The quantitative estimate of drug-likeness (QED) is 0.806. The van der Waals surface area contributed by atoms with Gasteiger partial charge >= 0.3 is 0 Å². The number of piperazine rings is 1. The normalized spacial score (nSPS) is 30.0. The van der Waals surface area contributed by atoms with E-state index in [1.54, 1.807) is 11.0 Å². The van der Waals surface area contributed by atoms with E-state index >= 15 is 0 Å². The molecule has 4 nitrogen and oxygen atoms in total. The van der Waals surface area contributed by atoms with E-state index in [9.17, 15) is 18.4 Å². The Balaban J connectivity index is 1.51. The highest BCUT2D eigenvalue weighted by molar-refractivity contribution is 5.91. The summed E-state index contributed by atoms with van der Waals surface area (Å²) < 4.78 is 26.8. The number of nitrogens with one attached hydrogen (secondary N) is 1. The molecule has 1 N–H and O–H groups in total. The third-order valence-electron chi connectivity index (χ3n) is 6.83. The van der Waals surface area contributed by atoms with Gasteiger partial charge in [-0.15, -0.1) is 0 Å². The van der Waals surface area contributed by atoms with Crippen LogP contribution in [0.4, 0.5) is 8.78 Å². The van der Waals surface area contributed by atoms with E-state index in [-0.39, 0.29) is 29.7 Å². The summed E-state index contributed by atoms with van der Waals surface area (Å²) in [7, 11) is 0.